The van der Waals surface area contributed by atoms with Gasteiger partial charge in [-0.3, -0.25) is 9.59 Å². The molecule has 0 bridgehead atoms. The molecule has 0 spiro atoms. The number of nitrogens with two attached hydrogens (primary N) is 1. The fourth-order valence-corrected chi connectivity index (χ4v) is 4.25. The van der Waals surface area contributed by atoms with Crippen molar-refractivity contribution in [2.75, 3.05) is 19.6 Å². The zero-order valence-electron chi connectivity index (χ0n) is 21.1. The molecule has 1 atom stereocenters. The summed E-state index contributed by atoms with van der Waals surface area (Å²) in [7, 11) is 0. The van der Waals surface area contributed by atoms with Gasteiger partial charge in [-0.15, -0.1) is 0 Å². The van der Waals surface area contributed by atoms with Crippen LogP contribution in [0.4, 0.5) is 17.6 Å². The van der Waals surface area contributed by atoms with E-state index in [2.05, 4.69) is 27.6 Å². The van der Waals surface area contributed by atoms with Crippen LogP contribution in [0.1, 0.15) is 39.7 Å². The Kier molecular flexibility index (Phi) is 9.94. The van der Waals surface area contributed by atoms with E-state index in [4.69, 9.17) is 9.90 Å². The number of quaternary nitrogens is 1. The maximum Gasteiger partial charge on any atom is 0.430 e. The molecule has 1 fully saturated rings. The summed E-state index contributed by atoms with van der Waals surface area (Å²) < 4.78 is 46.3. The molecule has 4 rings (SSSR count). The van der Waals surface area contributed by atoms with Gasteiger partial charge in [0.05, 0.1) is 36.9 Å². The Morgan fingerprint density at radius 3 is 2.46 bits per heavy atom. The van der Waals surface area contributed by atoms with Gasteiger partial charge in [-0.25, -0.2) is 9.49 Å². The first kappa shape index (κ1) is 29.5. The topological polar surface area (TPSA) is 123 Å². The zero-order chi connectivity index (χ0) is 28.6. The molecule has 0 aliphatic carbocycles. The number of amides is 1. The number of aromatic nitrogens is 2. The number of aliphatic carboxylic acids is 1. The van der Waals surface area contributed by atoms with E-state index < -0.39 is 18.0 Å². The SMILES string of the molecule is CCc1cc(Cc2ccc(F)c(C(=O)N3CC[NH2+]CC3Cc3ccccc3)c2)n[nH]c1=O.O=C([O-])C(F)(F)F. The quantitative estimate of drug-likeness (QED) is 0.445. The Hall–Kier alpha value is -4.06. The van der Waals surface area contributed by atoms with Crippen LogP contribution in [0, 0.1) is 5.82 Å². The van der Waals surface area contributed by atoms with Gasteiger partial charge in [-0.2, -0.15) is 18.3 Å². The molecular formula is C27H28F4N4O4. The Bertz CT molecular complexity index is 1350. The number of alkyl halides is 3. The van der Waals surface area contributed by atoms with Gasteiger partial charge in [0.15, 0.2) is 0 Å². The van der Waals surface area contributed by atoms with Gasteiger partial charge in [0, 0.05) is 12.0 Å². The number of carbonyl (C=O) groups is 2. The van der Waals surface area contributed by atoms with E-state index in [-0.39, 0.29) is 23.1 Å². The second-order valence-corrected chi connectivity index (χ2v) is 9.00. The molecule has 2 heterocycles. The summed E-state index contributed by atoms with van der Waals surface area (Å²) >= 11 is 0. The van der Waals surface area contributed by atoms with Crippen LogP contribution in [-0.4, -0.2) is 58.8 Å². The second kappa shape index (κ2) is 13.1. The fourth-order valence-electron chi connectivity index (χ4n) is 4.25. The van der Waals surface area contributed by atoms with Crippen molar-refractivity contribution in [2.24, 2.45) is 0 Å². The lowest BCUT2D eigenvalue weighted by Crippen LogP contribution is -2.92. The number of hydrogen-bond acceptors (Lipinski definition) is 5. The molecule has 3 N–H and O–H groups in total. The lowest BCUT2D eigenvalue weighted by molar-refractivity contribution is -0.667. The van der Waals surface area contributed by atoms with Crippen LogP contribution in [0.25, 0.3) is 0 Å². The van der Waals surface area contributed by atoms with Crippen LogP contribution in [0.2, 0.25) is 0 Å². The number of halogens is 4. The molecule has 1 aliphatic rings. The highest BCUT2D eigenvalue weighted by Gasteiger charge is 2.31. The number of rotatable bonds is 6. The second-order valence-electron chi connectivity index (χ2n) is 9.00. The van der Waals surface area contributed by atoms with Gasteiger partial charge < -0.3 is 20.1 Å². The molecule has 1 saturated heterocycles. The molecule has 1 aliphatic heterocycles. The average molecular weight is 549 g/mol. The predicted octanol–water partition coefficient (Wildman–Crippen LogP) is 0.991. The highest BCUT2D eigenvalue weighted by atomic mass is 19.4. The zero-order valence-corrected chi connectivity index (χ0v) is 21.1. The number of aromatic amines is 1. The number of piperazine rings is 1. The Balaban J connectivity index is 0.000000532. The van der Waals surface area contributed by atoms with E-state index in [0.717, 1.165) is 30.6 Å². The van der Waals surface area contributed by atoms with E-state index in [1.807, 2.05) is 30.0 Å². The monoisotopic (exact) mass is 548 g/mol. The maximum absolute atomic E-state index is 14.7. The molecule has 3 aromatic rings. The Morgan fingerprint density at radius 2 is 1.82 bits per heavy atom. The van der Waals surface area contributed by atoms with Crippen molar-refractivity contribution in [1.29, 1.82) is 0 Å². The molecule has 8 nitrogen and oxygen atoms in total. The number of H-pyrrole nitrogens is 1. The minimum Gasteiger partial charge on any atom is -0.542 e. The Morgan fingerprint density at radius 1 is 1.13 bits per heavy atom. The number of nitrogens with zero attached hydrogens (tertiary/aromatic N) is 2. The molecule has 1 unspecified atom stereocenters. The van der Waals surface area contributed by atoms with Gasteiger partial charge in [0.1, 0.15) is 11.8 Å². The van der Waals surface area contributed by atoms with E-state index in [0.29, 0.717) is 30.6 Å². The summed E-state index contributed by atoms with van der Waals surface area (Å²) in [5.41, 5.74) is 3.16. The summed E-state index contributed by atoms with van der Waals surface area (Å²) in [5.74, 6) is -3.80. The number of carboxylic acid groups (broad SMARTS) is 1. The molecule has 1 aromatic heterocycles. The predicted molar refractivity (Wildman–Crippen MR) is 131 cm³/mol. The number of nitrogens with one attached hydrogen (secondary N) is 1. The normalized spacial score (nSPS) is 15.3. The molecule has 39 heavy (non-hydrogen) atoms. The first-order valence-electron chi connectivity index (χ1n) is 12.3. The summed E-state index contributed by atoms with van der Waals surface area (Å²) in [4.78, 5) is 35.7. The van der Waals surface area contributed by atoms with E-state index in [1.165, 1.54) is 6.07 Å². The molecule has 12 heteroatoms. The average Bonchev–Trinajstić information content (AvgIpc) is 2.91. The first-order valence-corrected chi connectivity index (χ1v) is 12.3. The first-order chi connectivity index (χ1) is 18.5. The van der Waals surface area contributed by atoms with Crippen molar-refractivity contribution in [2.45, 2.75) is 38.4 Å². The van der Waals surface area contributed by atoms with Crippen LogP contribution < -0.4 is 16.0 Å². The summed E-state index contributed by atoms with van der Waals surface area (Å²) in [5, 5.41) is 17.6. The van der Waals surface area contributed by atoms with Gasteiger partial charge in [-0.1, -0.05) is 43.3 Å². The van der Waals surface area contributed by atoms with Crippen LogP contribution in [0.3, 0.4) is 0 Å². The molecule has 0 saturated carbocycles. The van der Waals surface area contributed by atoms with E-state index >= 15 is 0 Å². The number of carboxylic acids is 1. The Labute approximate surface area is 221 Å². The van der Waals surface area contributed by atoms with Crippen LogP contribution in [0.5, 0.6) is 0 Å². The molecule has 1 amide bonds. The minimum absolute atomic E-state index is 0.00897. The summed E-state index contributed by atoms with van der Waals surface area (Å²) in [6.07, 6.45) is -3.44. The van der Waals surface area contributed by atoms with Crippen molar-refractivity contribution < 1.29 is 37.6 Å². The largest absolute Gasteiger partial charge is 0.542 e. The van der Waals surface area contributed by atoms with Crippen molar-refractivity contribution in [3.63, 3.8) is 0 Å². The molecule has 0 radical (unpaired) electrons. The van der Waals surface area contributed by atoms with Gasteiger partial charge in [0.25, 0.3) is 11.5 Å². The van der Waals surface area contributed by atoms with Crippen LogP contribution in [0.15, 0.2) is 59.4 Å². The summed E-state index contributed by atoms with van der Waals surface area (Å²) in [6, 6.07) is 16.5. The van der Waals surface area contributed by atoms with Crippen molar-refractivity contribution in [3.05, 3.63) is 98.7 Å². The maximum atomic E-state index is 14.7. The molecule has 208 valence electrons. The van der Waals surface area contributed by atoms with Crippen LogP contribution >= 0.6 is 0 Å². The lowest BCUT2D eigenvalue weighted by atomic mass is 10.00. The smallest absolute Gasteiger partial charge is 0.430 e. The third kappa shape index (κ3) is 8.21. The lowest BCUT2D eigenvalue weighted by Gasteiger charge is -2.34. The number of benzene rings is 2. The fraction of sp³-hybridized carbons (Fsp3) is 0.333. The van der Waals surface area contributed by atoms with Gasteiger partial charge in [0.2, 0.25) is 0 Å². The minimum atomic E-state index is -5.19. The third-order valence-corrected chi connectivity index (χ3v) is 6.22. The van der Waals surface area contributed by atoms with Crippen molar-refractivity contribution in [1.82, 2.24) is 15.1 Å². The van der Waals surface area contributed by atoms with Crippen molar-refractivity contribution in [3.8, 4) is 0 Å². The third-order valence-electron chi connectivity index (χ3n) is 6.22. The van der Waals surface area contributed by atoms with Crippen LogP contribution in [-0.2, 0) is 24.1 Å². The standard InChI is InChI=1S/C25H27FN4O2.C2HF3O2/c1-2-19-15-20(28-29-24(19)31)12-18-8-9-23(26)22(14-18)25(32)30-11-10-27-16-21(30)13-17-6-4-3-5-7-17;3-2(4,5)1(6)7/h3-9,14-15,21,27H,2,10-13,16H2,1H3,(H,29,31);(H,6,7). The number of carbonyl (C=O) groups excluding carboxylic acids is 2. The van der Waals surface area contributed by atoms with E-state index in [9.17, 15) is 27.2 Å². The number of hydrogen-bond donors (Lipinski definition) is 2. The highest BCUT2D eigenvalue weighted by Crippen LogP contribution is 2.19. The van der Waals surface area contributed by atoms with Gasteiger partial charge >= 0.3 is 6.18 Å². The van der Waals surface area contributed by atoms with E-state index in [1.54, 1.807) is 18.2 Å². The highest BCUT2D eigenvalue weighted by molar-refractivity contribution is 5.95. The molecular weight excluding hydrogens is 520 g/mol. The summed E-state index contributed by atoms with van der Waals surface area (Å²) in [6.45, 7) is 4.09. The number of aryl methyl sites for hydroxylation is 1. The van der Waals surface area contributed by atoms with Gasteiger partial charge in [-0.05, 0) is 42.2 Å². The van der Waals surface area contributed by atoms with Crippen molar-refractivity contribution >= 4 is 11.9 Å². The molecule has 2 aromatic carbocycles.